The van der Waals surface area contributed by atoms with Gasteiger partial charge >= 0.3 is 12.2 Å². The molecule has 1 fully saturated rings. The summed E-state index contributed by atoms with van der Waals surface area (Å²) in [5.74, 6) is -0.517. The molecule has 3 rings (SSSR count). The molecule has 2 amide bonds. The lowest BCUT2D eigenvalue weighted by Crippen LogP contribution is -2.50. The number of amides is 2. The van der Waals surface area contributed by atoms with E-state index < -0.39 is 29.3 Å². The number of nitriles is 1. The number of rotatable bonds is 2. The lowest BCUT2D eigenvalue weighted by atomic mass is 10.1. The number of carbonyl (C=O) groups is 1. The number of alkyl halides is 3. The molecule has 1 aromatic carbocycles. The van der Waals surface area contributed by atoms with Crippen molar-refractivity contribution in [3.05, 3.63) is 53.5 Å². The number of halogens is 4. The van der Waals surface area contributed by atoms with Crippen LogP contribution in [0.3, 0.4) is 0 Å². The van der Waals surface area contributed by atoms with Gasteiger partial charge in [-0.05, 0) is 24.3 Å². The molecule has 0 aliphatic carbocycles. The molecule has 1 aliphatic heterocycles. The van der Waals surface area contributed by atoms with Crippen molar-refractivity contribution in [3.8, 4) is 6.07 Å². The Morgan fingerprint density at radius 1 is 1.14 bits per heavy atom. The first-order valence-electron chi connectivity index (χ1n) is 8.32. The third-order valence-electron chi connectivity index (χ3n) is 4.32. The predicted octanol–water partition coefficient (Wildman–Crippen LogP) is 3.47. The Labute approximate surface area is 158 Å². The van der Waals surface area contributed by atoms with Gasteiger partial charge in [-0.25, -0.2) is 14.2 Å². The number of urea groups is 1. The van der Waals surface area contributed by atoms with Crippen molar-refractivity contribution in [2.45, 2.75) is 6.18 Å². The predicted molar refractivity (Wildman–Crippen MR) is 93.2 cm³/mol. The third-order valence-corrected chi connectivity index (χ3v) is 4.32. The molecule has 1 N–H and O–H groups in total. The van der Waals surface area contributed by atoms with Crippen LogP contribution in [0.4, 0.5) is 33.9 Å². The molecule has 1 aliphatic rings. The van der Waals surface area contributed by atoms with Gasteiger partial charge in [-0.2, -0.15) is 18.4 Å². The number of aromatic nitrogens is 1. The van der Waals surface area contributed by atoms with Crippen LogP contribution >= 0.6 is 0 Å². The van der Waals surface area contributed by atoms with Crippen molar-refractivity contribution in [2.24, 2.45) is 0 Å². The standard InChI is InChI=1S/C18H15F4N5O/c19-14-3-1-2-13(18(20,21)22)16(14)25-17(28)27-8-6-26(7-9-27)15-5-4-12(10-23)11-24-15/h1-5,11H,6-9H2,(H,25,28). The zero-order valence-corrected chi connectivity index (χ0v) is 14.5. The molecular weight excluding hydrogens is 378 g/mol. The molecular formula is C18H15F4N5O. The average Bonchev–Trinajstić information content (AvgIpc) is 2.69. The van der Waals surface area contributed by atoms with Gasteiger partial charge in [-0.15, -0.1) is 0 Å². The van der Waals surface area contributed by atoms with Gasteiger partial charge in [0.2, 0.25) is 0 Å². The van der Waals surface area contributed by atoms with Gasteiger partial charge in [-0.3, -0.25) is 0 Å². The fraction of sp³-hybridized carbons (Fsp3) is 0.278. The second-order valence-corrected chi connectivity index (χ2v) is 6.08. The van der Waals surface area contributed by atoms with Crippen LogP contribution in [0.1, 0.15) is 11.1 Å². The molecule has 0 atom stereocenters. The molecule has 10 heteroatoms. The summed E-state index contributed by atoms with van der Waals surface area (Å²) in [4.78, 5) is 19.7. The van der Waals surface area contributed by atoms with Gasteiger partial charge in [0.1, 0.15) is 17.7 Å². The number of pyridine rings is 1. The van der Waals surface area contributed by atoms with E-state index in [2.05, 4.69) is 4.98 Å². The van der Waals surface area contributed by atoms with Crippen LogP contribution in [0.25, 0.3) is 0 Å². The number of nitrogens with zero attached hydrogens (tertiary/aromatic N) is 4. The summed E-state index contributed by atoms with van der Waals surface area (Å²) in [6, 6.07) is 6.99. The molecule has 1 aromatic heterocycles. The quantitative estimate of drug-likeness (QED) is 0.794. The molecule has 28 heavy (non-hydrogen) atoms. The normalized spacial score (nSPS) is 14.5. The molecule has 6 nitrogen and oxygen atoms in total. The van der Waals surface area contributed by atoms with E-state index in [9.17, 15) is 22.4 Å². The fourth-order valence-electron chi connectivity index (χ4n) is 2.85. The molecule has 0 bridgehead atoms. The monoisotopic (exact) mass is 393 g/mol. The molecule has 1 saturated heterocycles. The Morgan fingerprint density at radius 3 is 2.43 bits per heavy atom. The average molecular weight is 393 g/mol. The number of benzene rings is 1. The number of carbonyl (C=O) groups excluding carboxylic acids is 1. The van der Waals surface area contributed by atoms with Crippen LogP contribution in [0.15, 0.2) is 36.5 Å². The highest BCUT2D eigenvalue weighted by Gasteiger charge is 2.35. The number of anilines is 2. The number of nitrogens with one attached hydrogen (secondary N) is 1. The number of hydrogen-bond acceptors (Lipinski definition) is 4. The summed E-state index contributed by atoms with van der Waals surface area (Å²) in [6.07, 6.45) is -3.35. The summed E-state index contributed by atoms with van der Waals surface area (Å²) in [5.41, 5.74) is -1.69. The van der Waals surface area contributed by atoms with E-state index in [1.807, 2.05) is 16.3 Å². The van der Waals surface area contributed by atoms with Crippen LogP contribution in [0.2, 0.25) is 0 Å². The summed E-state index contributed by atoms with van der Waals surface area (Å²) < 4.78 is 53.0. The van der Waals surface area contributed by atoms with Crippen molar-refractivity contribution in [3.63, 3.8) is 0 Å². The molecule has 2 aromatic rings. The van der Waals surface area contributed by atoms with Gasteiger partial charge in [-0.1, -0.05) is 6.07 Å². The number of para-hydroxylation sites is 1. The Balaban J connectivity index is 1.66. The lowest BCUT2D eigenvalue weighted by molar-refractivity contribution is -0.137. The van der Waals surface area contributed by atoms with Crippen molar-refractivity contribution >= 4 is 17.5 Å². The van der Waals surface area contributed by atoms with E-state index in [1.54, 1.807) is 12.1 Å². The minimum atomic E-state index is -4.79. The number of hydrogen-bond donors (Lipinski definition) is 1. The molecule has 0 unspecified atom stereocenters. The second-order valence-electron chi connectivity index (χ2n) is 6.08. The van der Waals surface area contributed by atoms with Gasteiger partial charge in [0.15, 0.2) is 0 Å². The highest BCUT2D eigenvalue weighted by molar-refractivity contribution is 5.90. The largest absolute Gasteiger partial charge is 0.418 e. The lowest BCUT2D eigenvalue weighted by Gasteiger charge is -2.35. The van der Waals surface area contributed by atoms with E-state index in [-0.39, 0.29) is 13.1 Å². The third kappa shape index (κ3) is 4.14. The minimum Gasteiger partial charge on any atom is -0.353 e. The van der Waals surface area contributed by atoms with Crippen molar-refractivity contribution in [2.75, 3.05) is 36.4 Å². The summed E-state index contributed by atoms with van der Waals surface area (Å²) in [5, 5.41) is 10.8. The highest BCUT2D eigenvalue weighted by Crippen LogP contribution is 2.36. The van der Waals surface area contributed by atoms with Gasteiger partial charge in [0, 0.05) is 32.4 Å². The fourth-order valence-corrected chi connectivity index (χ4v) is 2.85. The Morgan fingerprint density at radius 2 is 1.86 bits per heavy atom. The Kier molecular flexibility index (Phi) is 5.35. The van der Waals surface area contributed by atoms with Crippen molar-refractivity contribution < 1.29 is 22.4 Å². The smallest absolute Gasteiger partial charge is 0.353 e. The minimum absolute atomic E-state index is 0.226. The van der Waals surface area contributed by atoms with E-state index in [4.69, 9.17) is 5.26 Å². The van der Waals surface area contributed by atoms with E-state index in [0.29, 0.717) is 30.5 Å². The zero-order chi connectivity index (χ0) is 20.3. The maximum atomic E-state index is 13.9. The highest BCUT2D eigenvalue weighted by atomic mass is 19.4. The van der Waals surface area contributed by atoms with Gasteiger partial charge in [0.05, 0.1) is 16.8 Å². The maximum Gasteiger partial charge on any atom is 0.418 e. The Bertz CT molecular complexity index is 900. The van der Waals surface area contributed by atoms with E-state index in [0.717, 1.165) is 12.1 Å². The van der Waals surface area contributed by atoms with Crippen molar-refractivity contribution in [1.82, 2.24) is 9.88 Å². The first-order chi connectivity index (χ1) is 13.3. The SMILES string of the molecule is N#Cc1ccc(N2CCN(C(=O)Nc3c(F)cccc3C(F)(F)F)CC2)nc1. The van der Waals surface area contributed by atoms with Crippen LogP contribution in [0.5, 0.6) is 0 Å². The number of piperazine rings is 1. The first-order valence-corrected chi connectivity index (χ1v) is 8.32. The van der Waals surface area contributed by atoms with Crippen LogP contribution < -0.4 is 10.2 Å². The maximum absolute atomic E-state index is 13.9. The van der Waals surface area contributed by atoms with Gasteiger partial charge in [0.25, 0.3) is 0 Å². The Hall–Kier alpha value is -3.35. The summed E-state index contributed by atoms with van der Waals surface area (Å²) >= 11 is 0. The first kappa shape index (κ1) is 19.4. The van der Waals surface area contributed by atoms with Gasteiger partial charge < -0.3 is 15.1 Å². The summed E-state index contributed by atoms with van der Waals surface area (Å²) in [7, 11) is 0. The second kappa shape index (κ2) is 7.72. The molecule has 0 radical (unpaired) electrons. The zero-order valence-electron chi connectivity index (χ0n) is 14.5. The molecule has 2 heterocycles. The molecule has 0 spiro atoms. The van der Waals surface area contributed by atoms with Crippen LogP contribution in [0, 0.1) is 17.1 Å². The summed E-state index contributed by atoms with van der Waals surface area (Å²) in [6.45, 7) is 1.25. The van der Waals surface area contributed by atoms with Crippen LogP contribution in [-0.4, -0.2) is 42.1 Å². The molecule has 146 valence electrons. The molecule has 0 saturated carbocycles. The van der Waals surface area contributed by atoms with Crippen LogP contribution in [-0.2, 0) is 6.18 Å². The van der Waals surface area contributed by atoms with E-state index >= 15 is 0 Å². The van der Waals surface area contributed by atoms with E-state index in [1.165, 1.54) is 11.1 Å². The topological polar surface area (TPSA) is 72.3 Å². The van der Waals surface area contributed by atoms with Crippen molar-refractivity contribution in [1.29, 1.82) is 5.26 Å².